The standard InChI is InChI=1S/C13H18N4O2/c1-17(2)7-6-12-15-13(19-16-12)10-5-4-9(18-3)8-11(10)14/h4-5,8H,6-7,14H2,1-3H3. The Kier molecular flexibility index (Phi) is 4.01. The van der Waals surface area contributed by atoms with Crippen LogP contribution in [-0.2, 0) is 6.42 Å². The number of anilines is 1. The maximum atomic E-state index is 5.94. The van der Waals surface area contributed by atoms with Gasteiger partial charge in [-0.15, -0.1) is 0 Å². The average molecular weight is 262 g/mol. The van der Waals surface area contributed by atoms with E-state index in [4.69, 9.17) is 15.0 Å². The van der Waals surface area contributed by atoms with Gasteiger partial charge in [0, 0.05) is 24.7 Å². The number of nitrogen functional groups attached to an aromatic ring is 1. The largest absolute Gasteiger partial charge is 0.497 e. The zero-order valence-electron chi connectivity index (χ0n) is 11.4. The van der Waals surface area contributed by atoms with Gasteiger partial charge in [-0.2, -0.15) is 4.98 Å². The first kappa shape index (κ1) is 13.4. The van der Waals surface area contributed by atoms with E-state index in [0.717, 1.165) is 18.5 Å². The number of ether oxygens (including phenoxy) is 1. The molecule has 1 aromatic heterocycles. The minimum atomic E-state index is 0.439. The number of nitrogens with two attached hydrogens (primary N) is 1. The van der Waals surface area contributed by atoms with Crippen LogP contribution in [-0.4, -0.2) is 42.8 Å². The van der Waals surface area contributed by atoms with Crippen LogP contribution < -0.4 is 10.5 Å². The molecule has 0 atom stereocenters. The average Bonchev–Trinajstić information content (AvgIpc) is 2.84. The SMILES string of the molecule is COc1ccc(-c2nc(CCN(C)C)no2)c(N)c1. The van der Waals surface area contributed by atoms with Crippen LogP contribution in [0.3, 0.4) is 0 Å². The predicted octanol–water partition coefficient (Wildman–Crippen LogP) is 1.43. The molecule has 1 aromatic carbocycles. The molecule has 1 heterocycles. The van der Waals surface area contributed by atoms with E-state index in [0.29, 0.717) is 23.2 Å². The van der Waals surface area contributed by atoms with Gasteiger partial charge in [-0.05, 0) is 26.2 Å². The highest BCUT2D eigenvalue weighted by molar-refractivity contribution is 5.71. The van der Waals surface area contributed by atoms with Crippen LogP contribution in [0.1, 0.15) is 5.82 Å². The molecule has 0 saturated heterocycles. The molecule has 0 aliphatic rings. The first-order valence-corrected chi connectivity index (χ1v) is 6.01. The number of benzene rings is 1. The van der Waals surface area contributed by atoms with Crippen LogP contribution in [0, 0.1) is 0 Å². The van der Waals surface area contributed by atoms with Crippen molar-refractivity contribution in [1.82, 2.24) is 15.0 Å². The van der Waals surface area contributed by atoms with Crippen LogP contribution in [0.4, 0.5) is 5.69 Å². The summed E-state index contributed by atoms with van der Waals surface area (Å²) in [6, 6.07) is 5.37. The first-order valence-electron chi connectivity index (χ1n) is 6.01. The highest BCUT2D eigenvalue weighted by Crippen LogP contribution is 2.28. The molecule has 0 bridgehead atoms. The van der Waals surface area contributed by atoms with Gasteiger partial charge in [0.25, 0.3) is 5.89 Å². The fourth-order valence-corrected chi connectivity index (χ4v) is 1.65. The second kappa shape index (κ2) is 5.71. The van der Waals surface area contributed by atoms with Gasteiger partial charge in [-0.25, -0.2) is 0 Å². The molecule has 0 spiro atoms. The van der Waals surface area contributed by atoms with E-state index in [2.05, 4.69) is 15.0 Å². The topological polar surface area (TPSA) is 77.4 Å². The highest BCUT2D eigenvalue weighted by atomic mass is 16.5. The molecular formula is C13H18N4O2. The second-order valence-electron chi connectivity index (χ2n) is 4.52. The van der Waals surface area contributed by atoms with Crippen LogP contribution in [0.25, 0.3) is 11.5 Å². The molecule has 2 rings (SSSR count). The van der Waals surface area contributed by atoms with Crippen molar-refractivity contribution in [2.24, 2.45) is 0 Å². The molecule has 0 saturated carbocycles. The zero-order chi connectivity index (χ0) is 13.8. The van der Waals surface area contributed by atoms with Crippen molar-refractivity contribution in [3.05, 3.63) is 24.0 Å². The lowest BCUT2D eigenvalue weighted by molar-refractivity contribution is 0.392. The summed E-state index contributed by atoms with van der Waals surface area (Å²) in [5.41, 5.74) is 7.23. The third-order valence-corrected chi connectivity index (χ3v) is 2.74. The molecule has 2 aromatic rings. The van der Waals surface area contributed by atoms with E-state index in [9.17, 15) is 0 Å². The molecule has 6 nitrogen and oxygen atoms in total. The molecule has 0 unspecified atom stereocenters. The van der Waals surface area contributed by atoms with Gasteiger partial charge < -0.3 is 19.9 Å². The number of hydrogen-bond acceptors (Lipinski definition) is 6. The summed E-state index contributed by atoms with van der Waals surface area (Å²) in [7, 11) is 5.60. The summed E-state index contributed by atoms with van der Waals surface area (Å²) in [4.78, 5) is 6.41. The van der Waals surface area contributed by atoms with Crippen molar-refractivity contribution in [1.29, 1.82) is 0 Å². The molecule has 0 fully saturated rings. The lowest BCUT2D eigenvalue weighted by atomic mass is 10.1. The minimum absolute atomic E-state index is 0.439. The van der Waals surface area contributed by atoms with E-state index in [1.54, 1.807) is 13.2 Å². The van der Waals surface area contributed by atoms with E-state index in [1.165, 1.54) is 0 Å². The summed E-state index contributed by atoms with van der Waals surface area (Å²) in [5, 5.41) is 3.95. The van der Waals surface area contributed by atoms with Gasteiger partial charge in [0.2, 0.25) is 0 Å². The Hall–Kier alpha value is -2.08. The van der Waals surface area contributed by atoms with E-state index < -0.39 is 0 Å². The fraction of sp³-hybridized carbons (Fsp3) is 0.385. The van der Waals surface area contributed by atoms with Crippen molar-refractivity contribution < 1.29 is 9.26 Å². The van der Waals surface area contributed by atoms with Crippen molar-refractivity contribution in [3.8, 4) is 17.2 Å². The van der Waals surface area contributed by atoms with E-state index in [1.807, 2.05) is 26.2 Å². The van der Waals surface area contributed by atoms with Gasteiger partial charge in [-0.1, -0.05) is 5.16 Å². The smallest absolute Gasteiger partial charge is 0.260 e. The second-order valence-corrected chi connectivity index (χ2v) is 4.52. The summed E-state index contributed by atoms with van der Waals surface area (Å²) in [5.74, 6) is 1.82. The molecule has 19 heavy (non-hydrogen) atoms. The van der Waals surface area contributed by atoms with Gasteiger partial charge in [0.1, 0.15) is 5.75 Å². The number of aromatic nitrogens is 2. The molecule has 2 N–H and O–H groups in total. The Morgan fingerprint density at radius 3 is 2.79 bits per heavy atom. The Morgan fingerprint density at radius 2 is 2.16 bits per heavy atom. The van der Waals surface area contributed by atoms with Crippen LogP contribution in [0.15, 0.2) is 22.7 Å². The van der Waals surface area contributed by atoms with Gasteiger partial charge in [0.15, 0.2) is 5.82 Å². The van der Waals surface area contributed by atoms with Crippen LogP contribution in [0.5, 0.6) is 5.75 Å². The number of methoxy groups -OCH3 is 1. The molecule has 0 aliphatic carbocycles. The number of nitrogens with zero attached hydrogens (tertiary/aromatic N) is 3. The molecule has 102 valence electrons. The van der Waals surface area contributed by atoms with Crippen LogP contribution in [0.2, 0.25) is 0 Å². The number of hydrogen-bond donors (Lipinski definition) is 1. The van der Waals surface area contributed by atoms with E-state index >= 15 is 0 Å². The van der Waals surface area contributed by atoms with Gasteiger partial charge in [0.05, 0.1) is 12.7 Å². The normalized spacial score (nSPS) is 10.9. The number of rotatable bonds is 5. The lowest BCUT2D eigenvalue weighted by Gasteiger charge is -2.05. The van der Waals surface area contributed by atoms with Crippen molar-refractivity contribution >= 4 is 5.69 Å². The van der Waals surface area contributed by atoms with Crippen LogP contribution >= 0.6 is 0 Å². The zero-order valence-corrected chi connectivity index (χ0v) is 11.4. The fourth-order valence-electron chi connectivity index (χ4n) is 1.65. The summed E-state index contributed by atoms with van der Waals surface area (Å²) >= 11 is 0. The minimum Gasteiger partial charge on any atom is -0.497 e. The maximum absolute atomic E-state index is 5.94. The third-order valence-electron chi connectivity index (χ3n) is 2.74. The number of likely N-dealkylation sites (N-methyl/N-ethyl adjacent to an activating group) is 1. The Balaban J connectivity index is 2.18. The monoisotopic (exact) mass is 262 g/mol. The van der Waals surface area contributed by atoms with E-state index in [-0.39, 0.29) is 0 Å². The molecule has 6 heteroatoms. The van der Waals surface area contributed by atoms with Crippen molar-refractivity contribution in [2.45, 2.75) is 6.42 Å². The van der Waals surface area contributed by atoms with Gasteiger partial charge >= 0.3 is 0 Å². The molecule has 0 radical (unpaired) electrons. The molecule has 0 amide bonds. The Bertz CT molecular complexity index is 551. The quantitative estimate of drug-likeness (QED) is 0.821. The summed E-state index contributed by atoms with van der Waals surface area (Å²) < 4.78 is 10.3. The maximum Gasteiger partial charge on any atom is 0.260 e. The molecule has 0 aliphatic heterocycles. The van der Waals surface area contributed by atoms with Crippen molar-refractivity contribution in [2.75, 3.05) is 33.5 Å². The van der Waals surface area contributed by atoms with Gasteiger partial charge in [-0.3, -0.25) is 0 Å². The Labute approximate surface area is 112 Å². The third kappa shape index (κ3) is 3.23. The summed E-state index contributed by atoms with van der Waals surface area (Å²) in [6.07, 6.45) is 0.743. The summed E-state index contributed by atoms with van der Waals surface area (Å²) in [6.45, 7) is 0.872. The lowest BCUT2D eigenvalue weighted by Crippen LogP contribution is -2.15. The molecular weight excluding hydrogens is 244 g/mol. The predicted molar refractivity (Wildman–Crippen MR) is 73.0 cm³/mol. The van der Waals surface area contributed by atoms with Crippen molar-refractivity contribution in [3.63, 3.8) is 0 Å². The highest BCUT2D eigenvalue weighted by Gasteiger charge is 2.12. The Morgan fingerprint density at radius 1 is 1.37 bits per heavy atom. The first-order chi connectivity index (χ1) is 9.10.